The number of carbonyl (C=O) groups is 1. The van der Waals surface area contributed by atoms with Crippen LogP contribution in [0.1, 0.15) is 41.3 Å². The molecule has 2 aromatic rings. The quantitative estimate of drug-likeness (QED) is 0.694. The van der Waals surface area contributed by atoms with Crippen LogP contribution in [0.15, 0.2) is 54.6 Å². The van der Waals surface area contributed by atoms with Crippen molar-refractivity contribution in [3.63, 3.8) is 0 Å². The molecule has 0 spiro atoms. The van der Waals surface area contributed by atoms with Crippen molar-refractivity contribution in [2.45, 2.75) is 31.6 Å². The zero-order chi connectivity index (χ0) is 13.3. The number of aryl methyl sites for hydroxylation is 1. The summed E-state index contributed by atoms with van der Waals surface area (Å²) in [6, 6.07) is 18.2. The number of fused-ring (bicyclic) bond motifs is 1. The molecule has 3 rings (SSSR count). The lowest BCUT2D eigenvalue weighted by Crippen LogP contribution is -2.32. The largest absolute Gasteiger partial charge is 0.293 e. The zero-order valence-electron chi connectivity index (χ0n) is 11.2. The summed E-state index contributed by atoms with van der Waals surface area (Å²) in [7, 11) is 0. The number of Topliss-reactive ketones (excluding diaryl/α,β-unsaturated/α-hetero) is 1. The minimum absolute atomic E-state index is 0.270. The van der Waals surface area contributed by atoms with Crippen LogP contribution in [0.5, 0.6) is 0 Å². The topological polar surface area (TPSA) is 17.1 Å². The second-order valence-corrected chi connectivity index (χ2v) is 5.54. The van der Waals surface area contributed by atoms with Crippen molar-refractivity contribution in [1.82, 2.24) is 0 Å². The van der Waals surface area contributed by atoms with Gasteiger partial charge in [-0.3, -0.25) is 4.79 Å². The predicted octanol–water partition coefficient (Wildman–Crippen LogP) is 4.16. The van der Waals surface area contributed by atoms with E-state index in [2.05, 4.69) is 25.1 Å². The molecule has 19 heavy (non-hydrogen) atoms. The third-order valence-corrected chi connectivity index (χ3v) is 4.30. The van der Waals surface area contributed by atoms with E-state index in [1.807, 2.05) is 36.4 Å². The second kappa shape index (κ2) is 4.65. The van der Waals surface area contributed by atoms with Gasteiger partial charge < -0.3 is 0 Å². The lowest BCUT2D eigenvalue weighted by atomic mass is 9.74. The fourth-order valence-corrected chi connectivity index (χ4v) is 3.08. The first-order valence-corrected chi connectivity index (χ1v) is 6.90. The molecule has 1 nitrogen and oxygen atoms in total. The Balaban J connectivity index is 2.12. The highest BCUT2D eigenvalue weighted by Crippen LogP contribution is 2.37. The Morgan fingerprint density at radius 3 is 2.42 bits per heavy atom. The highest BCUT2D eigenvalue weighted by Gasteiger charge is 2.37. The first kappa shape index (κ1) is 12.2. The molecular formula is C18H18O. The van der Waals surface area contributed by atoms with E-state index < -0.39 is 0 Å². The van der Waals surface area contributed by atoms with Crippen molar-refractivity contribution >= 4 is 5.78 Å². The average Bonchev–Trinajstić information content (AvgIpc) is 2.59. The second-order valence-electron chi connectivity index (χ2n) is 5.54. The summed E-state index contributed by atoms with van der Waals surface area (Å²) in [5.41, 5.74) is 2.86. The van der Waals surface area contributed by atoms with Crippen LogP contribution in [0.4, 0.5) is 0 Å². The normalized spacial score (nSPS) is 22.7. The van der Waals surface area contributed by atoms with Crippen LogP contribution in [-0.4, -0.2) is 5.78 Å². The van der Waals surface area contributed by atoms with Crippen LogP contribution in [0.25, 0.3) is 0 Å². The third-order valence-electron chi connectivity index (χ3n) is 4.30. The van der Waals surface area contributed by atoms with Gasteiger partial charge in [-0.05, 0) is 37.3 Å². The Morgan fingerprint density at radius 1 is 0.947 bits per heavy atom. The van der Waals surface area contributed by atoms with Gasteiger partial charge in [0, 0.05) is 5.56 Å². The number of hydrogen-bond donors (Lipinski definition) is 0. The van der Waals surface area contributed by atoms with Crippen molar-refractivity contribution in [2.24, 2.45) is 0 Å². The molecule has 1 unspecified atom stereocenters. The van der Waals surface area contributed by atoms with Gasteiger partial charge in [0.05, 0.1) is 5.41 Å². The van der Waals surface area contributed by atoms with Gasteiger partial charge in [-0.15, -0.1) is 0 Å². The summed E-state index contributed by atoms with van der Waals surface area (Å²) >= 11 is 0. The van der Waals surface area contributed by atoms with Crippen LogP contribution in [-0.2, 0) is 11.8 Å². The van der Waals surface area contributed by atoms with E-state index in [0.29, 0.717) is 0 Å². The fourth-order valence-electron chi connectivity index (χ4n) is 3.08. The van der Waals surface area contributed by atoms with Gasteiger partial charge in [-0.25, -0.2) is 0 Å². The van der Waals surface area contributed by atoms with E-state index in [4.69, 9.17) is 0 Å². The third kappa shape index (κ3) is 1.99. The maximum absolute atomic E-state index is 13.0. The van der Waals surface area contributed by atoms with Crippen LogP contribution in [0.2, 0.25) is 0 Å². The summed E-state index contributed by atoms with van der Waals surface area (Å²) in [6.45, 7) is 2.09. The van der Waals surface area contributed by atoms with E-state index in [-0.39, 0.29) is 11.2 Å². The van der Waals surface area contributed by atoms with Crippen LogP contribution < -0.4 is 0 Å². The molecule has 1 aliphatic carbocycles. The molecule has 0 amide bonds. The standard InChI is InChI=1S/C18H18O/c1-18(15-10-3-2-4-11-15)13-7-9-14-8-5-6-12-16(14)17(18)19/h2-6,8,10-12H,7,9,13H2,1H3. The Bertz CT molecular complexity index is 600. The van der Waals surface area contributed by atoms with Crippen LogP contribution in [0.3, 0.4) is 0 Å². The highest BCUT2D eigenvalue weighted by atomic mass is 16.1. The summed E-state index contributed by atoms with van der Waals surface area (Å²) in [5.74, 6) is 0.270. The minimum Gasteiger partial charge on any atom is -0.293 e. The SMILES string of the molecule is CC1(c2ccccc2)CCCc2ccccc2C1=O. The van der Waals surface area contributed by atoms with E-state index in [0.717, 1.165) is 30.4 Å². The molecule has 0 aliphatic heterocycles. The van der Waals surface area contributed by atoms with Gasteiger partial charge >= 0.3 is 0 Å². The van der Waals surface area contributed by atoms with Gasteiger partial charge in [-0.2, -0.15) is 0 Å². The summed E-state index contributed by atoms with van der Waals surface area (Å²) in [6.07, 6.45) is 2.99. The van der Waals surface area contributed by atoms with E-state index >= 15 is 0 Å². The summed E-state index contributed by atoms with van der Waals surface area (Å²) < 4.78 is 0. The molecule has 0 saturated heterocycles. The monoisotopic (exact) mass is 250 g/mol. The highest BCUT2D eigenvalue weighted by molar-refractivity contribution is 6.05. The van der Waals surface area contributed by atoms with Gasteiger partial charge in [0.15, 0.2) is 5.78 Å². The minimum atomic E-state index is -0.381. The maximum atomic E-state index is 13.0. The number of benzene rings is 2. The number of carbonyl (C=O) groups excluding carboxylic acids is 1. The smallest absolute Gasteiger partial charge is 0.173 e. The summed E-state index contributed by atoms with van der Waals surface area (Å²) in [4.78, 5) is 13.0. The number of hydrogen-bond acceptors (Lipinski definition) is 1. The fraction of sp³-hybridized carbons (Fsp3) is 0.278. The molecule has 2 aromatic carbocycles. The lowest BCUT2D eigenvalue weighted by Gasteiger charge is -2.27. The molecule has 1 atom stereocenters. The Labute approximate surface area is 114 Å². The number of ketones is 1. The van der Waals surface area contributed by atoms with E-state index in [1.165, 1.54) is 5.56 Å². The maximum Gasteiger partial charge on any atom is 0.173 e. The average molecular weight is 250 g/mol. The molecule has 0 radical (unpaired) electrons. The predicted molar refractivity (Wildman–Crippen MR) is 77.5 cm³/mol. The van der Waals surface area contributed by atoms with Gasteiger partial charge in [-0.1, -0.05) is 54.6 Å². The molecule has 0 aromatic heterocycles. The molecular weight excluding hydrogens is 232 g/mol. The molecule has 0 N–H and O–H groups in total. The van der Waals surface area contributed by atoms with E-state index in [9.17, 15) is 4.79 Å². The Hall–Kier alpha value is -1.89. The molecule has 0 fully saturated rings. The molecule has 1 aliphatic rings. The summed E-state index contributed by atoms with van der Waals surface area (Å²) in [5, 5.41) is 0. The molecule has 96 valence electrons. The molecule has 0 heterocycles. The van der Waals surface area contributed by atoms with Crippen molar-refractivity contribution in [2.75, 3.05) is 0 Å². The molecule has 0 saturated carbocycles. The van der Waals surface area contributed by atoms with Gasteiger partial charge in [0.25, 0.3) is 0 Å². The molecule has 1 heteroatoms. The number of rotatable bonds is 1. The Morgan fingerprint density at radius 2 is 1.63 bits per heavy atom. The first-order valence-electron chi connectivity index (χ1n) is 6.90. The van der Waals surface area contributed by atoms with Crippen molar-refractivity contribution in [3.05, 3.63) is 71.3 Å². The van der Waals surface area contributed by atoms with Crippen molar-refractivity contribution in [1.29, 1.82) is 0 Å². The Kier molecular flexibility index (Phi) is 2.98. The van der Waals surface area contributed by atoms with Gasteiger partial charge in [0.1, 0.15) is 0 Å². The van der Waals surface area contributed by atoms with Crippen LogP contribution >= 0.6 is 0 Å². The van der Waals surface area contributed by atoms with E-state index in [1.54, 1.807) is 0 Å². The zero-order valence-corrected chi connectivity index (χ0v) is 11.2. The lowest BCUT2D eigenvalue weighted by molar-refractivity contribution is 0.0891. The van der Waals surface area contributed by atoms with Gasteiger partial charge in [0.2, 0.25) is 0 Å². The molecule has 0 bridgehead atoms. The first-order chi connectivity index (χ1) is 9.22. The van der Waals surface area contributed by atoms with Crippen molar-refractivity contribution < 1.29 is 4.79 Å². The van der Waals surface area contributed by atoms with Crippen molar-refractivity contribution in [3.8, 4) is 0 Å². The van der Waals surface area contributed by atoms with Crippen LogP contribution in [0, 0.1) is 0 Å².